The molecule has 0 amide bonds. The van der Waals surface area contributed by atoms with Gasteiger partial charge in [-0.3, -0.25) is 9.97 Å². The van der Waals surface area contributed by atoms with Gasteiger partial charge in [-0.2, -0.15) is 0 Å². The van der Waals surface area contributed by atoms with Gasteiger partial charge in [-0.15, -0.1) is 0 Å². The molecule has 0 saturated heterocycles. The lowest BCUT2D eigenvalue weighted by Gasteiger charge is -2.48. The minimum absolute atomic E-state index is 0.142. The van der Waals surface area contributed by atoms with Crippen LogP contribution in [0.5, 0.6) is 0 Å². The monoisotopic (exact) mass is 714 g/mol. The number of nitrogens with zero attached hydrogens (tertiary/aromatic N) is 2. The van der Waals surface area contributed by atoms with Gasteiger partial charge in [0.1, 0.15) is 0 Å². The number of hydrogen-bond acceptors (Lipinski definition) is 6. The van der Waals surface area contributed by atoms with Crippen LogP contribution in [0.2, 0.25) is 0 Å². The Bertz CT molecular complexity index is 2160. The number of aromatic nitrogens is 2. The largest absolute Gasteiger partial charge is 0.478 e. The van der Waals surface area contributed by atoms with Crippen molar-refractivity contribution in [2.45, 2.75) is 109 Å². The first kappa shape index (κ1) is 36.7. The molecule has 0 radical (unpaired) electrons. The maximum Gasteiger partial charge on any atom is 0.337 e. The zero-order valence-electron chi connectivity index (χ0n) is 32.1. The van der Waals surface area contributed by atoms with Crippen molar-refractivity contribution < 1.29 is 29.3 Å². The van der Waals surface area contributed by atoms with Gasteiger partial charge < -0.3 is 19.7 Å². The van der Waals surface area contributed by atoms with Crippen LogP contribution in [-0.2, 0) is 36.9 Å². The third-order valence-corrected chi connectivity index (χ3v) is 12.4. The van der Waals surface area contributed by atoms with Crippen LogP contribution in [0.25, 0.3) is 5.57 Å². The number of fused-ring (bicyclic) bond motifs is 2. The molecule has 53 heavy (non-hydrogen) atoms. The molecule has 2 aromatic heterocycles. The van der Waals surface area contributed by atoms with Crippen LogP contribution in [-0.4, -0.2) is 45.3 Å². The zero-order valence-corrected chi connectivity index (χ0v) is 32.1. The number of hydrogen-bond donors (Lipinski definition) is 2. The highest BCUT2D eigenvalue weighted by atomic mass is 16.5. The number of carbonyl (C=O) groups is 2. The molecular formula is C45H50N2O6. The van der Waals surface area contributed by atoms with E-state index in [0.717, 1.165) is 48.1 Å². The van der Waals surface area contributed by atoms with Gasteiger partial charge in [0.05, 0.1) is 46.9 Å². The first-order chi connectivity index (χ1) is 24.8. The first-order valence-electron chi connectivity index (χ1n) is 18.5. The molecule has 0 spiro atoms. The fourth-order valence-electron chi connectivity index (χ4n) is 8.60. The Hall–Kier alpha value is -4.66. The molecule has 8 nitrogen and oxygen atoms in total. The standard InChI is InChI=1S/C45H50N2O6/c1-26-18-36-33(20-31(26)28(3)37-12-10-29(22-46-37)39(48)49)41(4,5)24-53-44(36,9)15-14-43(8)25-52-42(6,7)34-19-27(2)32(21-35(34)43)45(16-17-45)38-13-11-30(23-47-38)40(50)51/h10-13,18-23H,3,14-17,24-25H2,1-2,4-9H3,(H,48,49)(H,50,51). The molecular weight excluding hydrogens is 665 g/mol. The molecule has 8 heteroatoms. The van der Waals surface area contributed by atoms with E-state index in [9.17, 15) is 19.8 Å². The van der Waals surface area contributed by atoms with Crippen molar-refractivity contribution in [2.24, 2.45) is 0 Å². The molecule has 2 aliphatic heterocycles. The Kier molecular flexibility index (Phi) is 8.62. The fourth-order valence-corrected chi connectivity index (χ4v) is 8.60. The molecule has 1 aliphatic carbocycles. The Labute approximate surface area is 312 Å². The summed E-state index contributed by atoms with van der Waals surface area (Å²) < 4.78 is 13.5. The Morgan fingerprint density at radius 3 is 1.94 bits per heavy atom. The van der Waals surface area contributed by atoms with Crippen molar-refractivity contribution in [1.82, 2.24) is 9.97 Å². The minimum atomic E-state index is -1.01. The van der Waals surface area contributed by atoms with E-state index in [4.69, 9.17) is 9.47 Å². The molecule has 3 aliphatic rings. The summed E-state index contributed by atoms with van der Waals surface area (Å²) in [5.74, 6) is -1.98. The summed E-state index contributed by atoms with van der Waals surface area (Å²) in [7, 11) is 0. The molecule has 1 saturated carbocycles. The lowest BCUT2D eigenvalue weighted by atomic mass is 9.67. The second-order valence-electron chi connectivity index (χ2n) is 17.2. The molecule has 0 bridgehead atoms. The SMILES string of the molecule is C=C(c1ccc(C(=O)O)cn1)c1cc2c(cc1C)C(C)(CCC1(C)COC(C)(C)c3cc(C)c(C4(c5ccc(C(=O)O)cn5)CC4)cc31)OCC2(C)C. The van der Waals surface area contributed by atoms with E-state index in [0.29, 0.717) is 18.9 Å². The first-order valence-corrected chi connectivity index (χ1v) is 18.5. The highest BCUT2D eigenvalue weighted by Gasteiger charge is 2.51. The molecule has 2 atom stereocenters. The smallest absolute Gasteiger partial charge is 0.337 e. The highest BCUT2D eigenvalue weighted by Crippen LogP contribution is 2.56. The van der Waals surface area contributed by atoms with E-state index < -0.39 is 23.1 Å². The van der Waals surface area contributed by atoms with Gasteiger partial charge in [0, 0.05) is 34.2 Å². The predicted molar refractivity (Wildman–Crippen MR) is 205 cm³/mol. The average molecular weight is 715 g/mol. The van der Waals surface area contributed by atoms with E-state index in [-0.39, 0.29) is 27.4 Å². The number of aryl methyl sites for hydroxylation is 2. The van der Waals surface area contributed by atoms with E-state index >= 15 is 0 Å². The second kappa shape index (κ2) is 12.5. The van der Waals surface area contributed by atoms with Gasteiger partial charge in [0.2, 0.25) is 0 Å². The van der Waals surface area contributed by atoms with E-state index in [1.165, 1.54) is 45.8 Å². The summed E-state index contributed by atoms with van der Waals surface area (Å²) in [6.07, 6.45) is 6.41. The highest BCUT2D eigenvalue weighted by molar-refractivity contribution is 5.88. The number of aromatic carboxylic acids is 2. The molecule has 2 aromatic carbocycles. The maximum atomic E-state index is 11.5. The van der Waals surface area contributed by atoms with Crippen LogP contribution in [0.3, 0.4) is 0 Å². The van der Waals surface area contributed by atoms with Crippen LogP contribution in [0.4, 0.5) is 0 Å². The molecule has 4 aromatic rings. The van der Waals surface area contributed by atoms with Crippen molar-refractivity contribution >= 4 is 17.5 Å². The molecule has 276 valence electrons. The third kappa shape index (κ3) is 6.19. The lowest BCUT2D eigenvalue weighted by Crippen LogP contribution is -2.45. The molecule has 4 heterocycles. The van der Waals surface area contributed by atoms with Crippen LogP contribution in [0.15, 0.2) is 67.5 Å². The van der Waals surface area contributed by atoms with E-state index in [1.54, 1.807) is 18.2 Å². The van der Waals surface area contributed by atoms with Crippen molar-refractivity contribution in [1.29, 1.82) is 0 Å². The molecule has 1 fully saturated rings. The second-order valence-corrected chi connectivity index (χ2v) is 17.2. The normalized spacial score (nSPS) is 23.4. The summed E-state index contributed by atoms with van der Waals surface area (Å²) in [6.45, 7) is 23.0. The van der Waals surface area contributed by atoms with Gasteiger partial charge in [0.15, 0.2) is 0 Å². The van der Waals surface area contributed by atoms with Crippen molar-refractivity contribution in [2.75, 3.05) is 13.2 Å². The summed E-state index contributed by atoms with van der Waals surface area (Å²) >= 11 is 0. The number of carboxylic acid groups (broad SMARTS) is 2. The Morgan fingerprint density at radius 2 is 1.36 bits per heavy atom. The summed E-state index contributed by atoms with van der Waals surface area (Å²) in [4.78, 5) is 32.1. The maximum absolute atomic E-state index is 11.5. The quantitative estimate of drug-likeness (QED) is 0.176. The van der Waals surface area contributed by atoms with Gasteiger partial charge in [-0.1, -0.05) is 45.5 Å². The summed E-state index contributed by atoms with van der Waals surface area (Å²) in [6, 6.07) is 16.1. The molecule has 7 rings (SSSR count). The topological polar surface area (TPSA) is 119 Å². The fraction of sp³-hybridized carbons (Fsp3) is 0.422. The van der Waals surface area contributed by atoms with Gasteiger partial charge in [0.25, 0.3) is 0 Å². The van der Waals surface area contributed by atoms with Gasteiger partial charge in [-0.05, 0) is 135 Å². The third-order valence-electron chi connectivity index (χ3n) is 12.4. The Morgan fingerprint density at radius 1 is 0.717 bits per heavy atom. The summed E-state index contributed by atoms with van der Waals surface area (Å²) in [5.41, 5.74) is 10.3. The Balaban J connectivity index is 1.23. The van der Waals surface area contributed by atoms with Crippen LogP contribution in [0, 0.1) is 13.8 Å². The molecule has 2 N–H and O–H groups in total. The van der Waals surface area contributed by atoms with Crippen molar-refractivity contribution in [3.05, 3.63) is 135 Å². The predicted octanol–water partition coefficient (Wildman–Crippen LogP) is 9.16. The van der Waals surface area contributed by atoms with Crippen molar-refractivity contribution in [3.63, 3.8) is 0 Å². The van der Waals surface area contributed by atoms with E-state index in [1.807, 2.05) is 6.07 Å². The number of pyridine rings is 2. The zero-order chi connectivity index (χ0) is 38.3. The van der Waals surface area contributed by atoms with E-state index in [2.05, 4.69) is 96.2 Å². The summed E-state index contributed by atoms with van der Waals surface area (Å²) in [5, 5.41) is 18.8. The number of carboxylic acids is 2. The average Bonchev–Trinajstić information content (AvgIpc) is 3.93. The number of benzene rings is 2. The number of rotatable bonds is 9. The minimum Gasteiger partial charge on any atom is -0.478 e. The lowest BCUT2D eigenvalue weighted by molar-refractivity contribution is -0.0930. The van der Waals surface area contributed by atoms with Crippen LogP contribution in [0.1, 0.15) is 144 Å². The number of ether oxygens (including phenoxy) is 2. The van der Waals surface area contributed by atoms with Gasteiger partial charge in [-0.25, -0.2) is 9.59 Å². The van der Waals surface area contributed by atoms with Gasteiger partial charge >= 0.3 is 11.9 Å². The molecule has 2 unspecified atom stereocenters. The van der Waals surface area contributed by atoms with Crippen molar-refractivity contribution in [3.8, 4) is 0 Å². The van der Waals surface area contributed by atoms with Crippen LogP contribution >= 0.6 is 0 Å². The van der Waals surface area contributed by atoms with Crippen LogP contribution < -0.4 is 0 Å².